The van der Waals surface area contributed by atoms with Gasteiger partial charge in [0.2, 0.25) is 0 Å². The van der Waals surface area contributed by atoms with E-state index in [1.165, 1.54) is 0 Å². The van der Waals surface area contributed by atoms with Gasteiger partial charge in [-0.1, -0.05) is 35.0 Å². The number of nitrogens with one attached hydrogen (secondary N) is 1. The molecule has 2 rings (SSSR count). The summed E-state index contributed by atoms with van der Waals surface area (Å²) in [5.41, 5.74) is 1.86. The third-order valence-corrected chi connectivity index (χ3v) is 3.73. The second kappa shape index (κ2) is 6.46. The average Bonchev–Trinajstić information content (AvgIpc) is 2.42. The van der Waals surface area contributed by atoms with E-state index in [2.05, 4.69) is 21.2 Å². The maximum Gasteiger partial charge on any atom is 0.131 e. The maximum absolute atomic E-state index is 14.1. The summed E-state index contributed by atoms with van der Waals surface area (Å²) in [6.07, 6.45) is 0. The van der Waals surface area contributed by atoms with Crippen LogP contribution in [-0.4, -0.2) is 6.54 Å². The van der Waals surface area contributed by atoms with E-state index in [0.29, 0.717) is 17.7 Å². The highest BCUT2D eigenvalue weighted by Gasteiger charge is 2.18. The Labute approximate surface area is 126 Å². The van der Waals surface area contributed by atoms with Crippen molar-refractivity contribution >= 4 is 15.9 Å². The van der Waals surface area contributed by atoms with Crippen LogP contribution in [0.15, 0.2) is 40.9 Å². The van der Waals surface area contributed by atoms with Crippen LogP contribution < -0.4 is 5.32 Å². The van der Waals surface area contributed by atoms with Gasteiger partial charge in [0.1, 0.15) is 11.6 Å². The van der Waals surface area contributed by atoms with Crippen molar-refractivity contribution in [1.82, 2.24) is 5.32 Å². The van der Waals surface area contributed by atoms with Gasteiger partial charge in [-0.05, 0) is 42.8 Å². The average molecular weight is 340 g/mol. The third kappa shape index (κ3) is 3.25. The molecule has 0 spiro atoms. The molecule has 4 heteroatoms. The van der Waals surface area contributed by atoms with Crippen LogP contribution in [-0.2, 0) is 0 Å². The first-order valence-corrected chi connectivity index (χ1v) is 7.26. The van der Waals surface area contributed by atoms with Gasteiger partial charge < -0.3 is 5.32 Å². The molecule has 2 aromatic rings. The SMILES string of the molecule is CCNC(c1ccc(Br)cc1)c1cc(C)c(F)cc1F. The molecule has 0 aromatic heterocycles. The smallest absolute Gasteiger partial charge is 0.131 e. The molecule has 0 amide bonds. The molecule has 106 valence electrons. The molecule has 0 saturated heterocycles. The van der Waals surface area contributed by atoms with Crippen LogP contribution in [0, 0.1) is 18.6 Å². The van der Waals surface area contributed by atoms with Gasteiger partial charge in [-0.15, -0.1) is 0 Å². The molecule has 1 nitrogen and oxygen atoms in total. The molecular weight excluding hydrogens is 324 g/mol. The van der Waals surface area contributed by atoms with Crippen LogP contribution in [0.4, 0.5) is 8.78 Å². The van der Waals surface area contributed by atoms with E-state index >= 15 is 0 Å². The number of halogens is 3. The number of benzene rings is 2. The Balaban J connectivity index is 2.48. The zero-order valence-electron chi connectivity index (χ0n) is 11.4. The summed E-state index contributed by atoms with van der Waals surface area (Å²) in [7, 11) is 0. The van der Waals surface area contributed by atoms with E-state index in [9.17, 15) is 8.78 Å². The van der Waals surface area contributed by atoms with E-state index in [1.54, 1.807) is 13.0 Å². The quantitative estimate of drug-likeness (QED) is 0.848. The molecule has 0 aliphatic rings. The van der Waals surface area contributed by atoms with Crippen LogP contribution in [0.3, 0.4) is 0 Å². The summed E-state index contributed by atoms with van der Waals surface area (Å²) < 4.78 is 28.4. The fourth-order valence-corrected chi connectivity index (χ4v) is 2.43. The highest BCUT2D eigenvalue weighted by Crippen LogP contribution is 2.27. The molecule has 0 heterocycles. The van der Waals surface area contributed by atoms with Crippen molar-refractivity contribution in [1.29, 1.82) is 0 Å². The number of hydrogen-bond acceptors (Lipinski definition) is 1. The summed E-state index contributed by atoms with van der Waals surface area (Å²) in [5.74, 6) is -1.04. The van der Waals surface area contributed by atoms with Gasteiger partial charge in [-0.25, -0.2) is 8.78 Å². The van der Waals surface area contributed by atoms with E-state index in [-0.39, 0.29) is 6.04 Å². The van der Waals surface area contributed by atoms with Gasteiger partial charge in [0.15, 0.2) is 0 Å². The van der Waals surface area contributed by atoms with Crippen molar-refractivity contribution in [3.05, 3.63) is 69.2 Å². The Bertz CT molecular complexity index is 596. The van der Waals surface area contributed by atoms with Crippen LogP contribution in [0.1, 0.15) is 29.7 Å². The van der Waals surface area contributed by atoms with Gasteiger partial charge in [0.25, 0.3) is 0 Å². The first-order chi connectivity index (χ1) is 9.52. The highest BCUT2D eigenvalue weighted by molar-refractivity contribution is 9.10. The zero-order valence-corrected chi connectivity index (χ0v) is 13.0. The summed E-state index contributed by atoms with van der Waals surface area (Å²) in [6, 6.07) is 9.91. The number of hydrogen-bond donors (Lipinski definition) is 1. The third-order valence-electron chi connectivity index (χ3n) is 3.20. The lowest BCUT2D eigenvalue weighted by atomic mass is 9.96. The maximum atomic E-state index is 14.1. The molecule has 2 aromatic carbocycles. The molecule has 1 atom stereocenters. The first-order valence-electron chi connectivity index (χ1n) is 6.47. The predicted molar refractivity (Wildman–Crippen MR) is 80.8 cm³/mol. The lowest BCUT2D eigenvalue weighted by Crippen LogP contribution is -2.23. The standard InChI is InChI=1S/C16H16BrF2N/c1-3-20-16(11-4-6-12(17)7-5-11)13-8-10(2)14(18)9-15(13)19/h4-9,16,20H,3H2,1-2H3. The van der Waals surface area contributed by atoms with E-state index < -0.39 is 11.6 Å². The van der Waals surface area contributed by atoms with E-state index in [4.69, 9.17) is 0 Å². The molecule has 0 bridgehead atoms. The Kier molecular flexibility index (Phi) is 4.89. The lowest BCUT2D eigenvalue weighted by molar-refractivity contribution is 0.537. The minimum Gasteiger partial charge on any atom is -0.306 e. The largest absolute Gasteiger partial charge is 0.306 e. The summed E-state index contributed by atoms with van der Waals surface area (Å²) >= 11 is 3.38. The van der Waals surface area contributed by atoms with Crippen molar-refractivity contribution in [3.63, 3.8) is 0 Å². The molecule has 1 N–H and O–H groups in total. The topological polar surface area (TPSA) is 12.0 Å². The molecule has 20 heavy (non-hydrogen) atoms. The van der Waals surface area contributed by atoms with Gasteiger partial charge >= 0.3 is 0 Å². The normalized spacial score (nSPS) is 12.4. The van der Waals surface area contributed by atoms with Crippen molar-refractivity contribution < 1.29 is 8.78 Å². The number of aryl methyl sites for hydroxylation is 1. The van der Waals surface area contributed by atoms with Crippen LogP contribution in [0.5, 0.6) is 0 Å². The Hall–Kier alpha value is -1.26. The van der Waals surface area contributed by atoms with Crippen molar-refractivity contribution in [2.24, 2.45) is 0 Å². The monoisotopic (exact) mass is 339 g/mol. The molecule has 1 unspecified atom stereocenters. The van der Waals surface area contributed by atoms with Gasteiger partial charge in [0, 0.05) is 16.1 Å². The molecule has 0 fully saturated rings. The second-order valence-electron chi connectivity index (χ2n) is 4.67. The fourth-order valence-electron chi connectivity index (χ4n) is 2.17. The molecule has 0 radical (unpaired) electrons. The van der Waals surface area contributed by atoms with Crippen molar-refractivity contribution in [2.75, 3.05) is 6.54 Å². The minimum atomic E-state index is -0.526. The molecule has 0 aliphatic carbocycles. The van der Waals surface area contributed by atoms with Crippen molar-refractivity contribution in [3.8, 4) is 0 Å². The van der Waals surface area contributed by atoms with Crippen molar-refractivity contribution in [2.45, 2.75) is 19.9 Å². The Morgan fingerprint density at radius 1 is 1.10 bits per heavy atom. The Morgan fingerprint density at radius 2 is 1.75 bits per heavy atom. The van der Waals surface area contributed by atoms with E-state index in [1.807, 2.05) is 31.2 Å². The van der Waals surface area contributed by atoms with Crippen LogP contribution in [0.2, 0.25) is 0 Å². The highest BCUT2D eigenvalue weighted by atomic mass is 79.9. The van der Waals surface area contributed by atoms with E-state index in [0.717, 1.165) is 16.1 Å². The lowest BCUT2D eigenvalue weighted by Gasteiger charge is -2.20. The number of rotatable bonds is 4. The zero-order chi connectivity index (χ0) is 14.7. The molecular formula is C16H16BrF2N. The van der Waals surface area contributed by atoms with Crippen LogP contribution in [0.25, 0.3) is 0 Å². The molecule has 0 saturated carbocycles. The summed E-state index contributed by atoms with van der Waals surface area (Å²) in [5, 5.41) is 3.24. The fraction of sp³-hybridized carbons (Fsp3) is 0.250. The molecule has 0 aliphatic heterocycles. The first kappa shape index (κ1) is 15.1. The second-order valence-corrected chi connectivity index (χ2v) is 5.58. The minimum absolute atomic E-state index is 0.285. The summed E-state index contributed by atoms with van der Waals surface area (Å²) in [4.78, 5) is 0. The van der Waals surface area contributed by atoms with Gasteiger partial charge in [-0.3, -0.25) is 0 Å². The summed E-state index contributed by atoms with van der Waals surface area (Å²) in [6.45, 7) is 4.29. The Morgan fingerprint density at radius 3 is 2.35 bits per heavy atom. The van der Waals surface area contributed by atoms with Gasteiger partial charge in [0.05, 0.1) is 6.04 Å². The van der Waals surface area contributed by atoms with Crippen LogP contribution >= 0.6 is 15.9 Å². The van der Waals surface area contributed by atoms with Gasteiger partial charge in [-0.2, -0.15) is 0 Å². The predicted octanol–water partition coefficient (Wildman–Crippen LogP) is 4.73.